The topological polar surface area (TPSA) is 74.3 Å². The van der Waals surface area contributed by atoms with E-state index in [9.17, 15) is 0 Å². The highest BCUT2D eigenvalue weighted by Gasteiger charge is 2.20. The number of rotatable bonds is 7. The second kappa shape index (κ2) is 14.6. The number of fused-ring (bicyclic) bond motifs is 4. The molecule has 12 rings (SSSR count). The Morgan fingerprint density at radius 3 is 1.39 bits per heavy atom. The number of imidazole rings is 2. The van der Waals surface area contributed by atoms with Gasteiger partial charge in [-0.1, -0.05) is 152 Å². The van der Waals surface area contributed by atoms with Gasteiger partial charge in [-0.2, -0.15) is 0 Å². The Labute approximate surface area is 356 Å². The van der Waals surface area contributed by atoms with Gasteiger partial charge in [-0.05, 0) is 76.8 Å². The maximum absolute atomic E-state index is 5.32. The van der Waals surface area contributed by atoms with E-state index in [1.165, 1.54) is 5.39 Å². The van der Waals surface area contributed by atoms with Gasteiger partial charge in [0, 0.05) is 38.9 Å². The highest BCUT2D eigenvalue weighted by atomic mass is 15.1. The lowest BCUT2D eigenvalue weighted by Gasteiger charge is -2.13. The van der Waals surface area contributed by atoms with Crippen molar-refractivity contribution in [3.63, 3.8) is 0 Å². The molecule has 3 aromatic heterocycles. The van der Waals surface area contributed by atoms with Gasteiger partial charge in [0.1, 0.15) is 11.6 Å². The lowest BCUT2D eigenvalue weighted by atomic mass is 10.1. The lowest BCUT2D eigenvalue weighted by Crippen LogP contribution is -2.01. The smallest absolute Gasteiger partial charge is 0.164 e. The Morgan fingerprint density at radius 2 is 0.758 bits per heavy atom. The zero-order chi connectivity index (χ0) is 41.0. The van der Waals surface area contributed by atoms with Gasteiger partial charge in [0.05, 0.1) is 27.8 Å². The van der Waals surface area contributed by atoms with Gasteiger partial charge in [0.15, 0.2) is 17.5 Å². The van der Waals surface area contributed by atoms with E-state index in [1.807, 2.05) is 30.3 Å². The molecule has 7 heteroatoms. The minimum absolute atomic E-state index is 0.556. The summed E-state index contributed by atoms with van der Waals surface area (Å²) in [4.78, 5) is 26.1. The van der Waals surface area contributed by atoms with Crippen molar-refractivity contribution in [3.05, 3.63) is 212 Å². The molecule has 0 aliphatic rings. The molecule has 9 aromatic carbocycles. The molecule has 12 aromatic rings. The molecule has 290 valence electrons. The maximum Gasteiger partial charge on any atom is 0.164 e. The number of benzene rings is 9. The van der Waals surface area contributed by atoms with Crippen LogP contribution in [-0.4, -0.2) is 34.1 Å². The fraction of sp³-hybridized carbons (Fsp3) is 0. The molecule has 0 radical (unpaired) electrons. The van der Waals surface area contributed by atoms with Crippen molar-refractivity contribution >= 4 is 43.6 Å². The van der Waals surface area contributed by atoms with Gasteiger partial charge in [0.2, 0.25) is 0 Å². The number of nitrogens with zero attached hydrogens (tertiary/aromatic N) is 7. The zero-order valence-corrected chi connectivity index (χ0v) is 33.3. The van der Waals surface area contributed by atoms with Gasteiger partial charge >= 0.3 is 0 Å². The van der Waals surface area contributed by atoms with Crippen molar-refractivity contribution in [2.24, 2.45) is 0 Å². The monoisotopic (exact) mass is 793 g/mol. The van der Waals surface area contributed by atoms with E-state index in [-0.39, 0.29) is 0 Å². The van der Waals surface area contributed by atoms with Crippen molar-refractivity contribution < 1.29 is 0 Å². The second-order valence-electron chi connectivity index (χ2n) is 15.4. The Balaban J connectivity index is 1.05. The molecule has 0 saturated carbocycles. The normalized spacial score (nSPS) is 11.5. The SMILES string of the molecule is c1ccc(-c2nc3cc(-c4nc(-c5ccc6ccccc6c5)nc(-c5ccc6c(c5)nc(-c5ccccc5)n6-c5cccc6ccccc56)n4)ccc3n2-c2ccccc2)cc1. The molecule has 0 saturated heterocycles. The molecule has 0 fully saturated rings. The van der Waals surface area contributed by atoms with Crippen LogP contribution in [0, 0.1) is 0 Å². The van der Waals surface area contributed by atoms with Crippen LogP contribution in [0.4, 0.5) is 0 Å². The van der Waals surface area contributed by atoms with Gasteiger partial charge in [0.25, 0.3) is 0 Å². The van der Waals surface area contributed by atoms with Crippen LogP contribution in [0.15, 0.2) is 212 Å². The van der Waals surface area contributed by atoms with E-state index < -0.39 is 0 Å². The number of aromatic nitrogens is 7. The van der Waals surface area contributed by atoms with Gasteiger partial charge in [-0.3, -0.25) is 9.13 Å². The highest BCUT2D eigenvalue weighted by Crippen LogP contribution is 2.36. The lowest BCUT2D eigenvalue weighted by molar-refractivity contribution is 1.07. The standard InChI is InChI=1S/C55H35N7/c1-4-17-38(18-5-1)54-56-46-34-42(29-31-49(46)61(54)44-23-8-3-9-24-44)52-58-51(41-28-27-36-15-10-11-21-40(36)33-41)59-53(60-52)43-30-32-50-47(35-43)57-55(39-19-6-2-7-20-39)62(50)48-26-14-22-37-16-12-13-25-45(37)48/h1-35H. The van der Waals surface area contributed by atoms with Gasteiger partial charge in [-0.25, -0.2) is 24.9 Å². The van der Waals surface area contributed by atoms with Gasteiger partial charge in [-0.15, -0.1) is 0 Å². The fourth-order valence-electron chi connectivity index (χ4n) is 8.58. The summed E-state index contributed by atoms with van der Waals surface area (Å²) in [6, 6.07) is 73.3. The van der Waals surface area contributed by atoms with Crippen LogP contribution < -0.4 is 0 Å². The molecule has 3 heterocycles. The predicted molar refractivity (Wildman–Crippen MR) is 251 cm³/mol. The van der Waals surface area contributed by atoms with Crippen LogP contribution in [0.1, 0.15) is 0 Å². The minimum atomic E-state index is 0.556. The van der Waals surface area contributed by atoms with Crippen molar-refractivity contribution in [2.45, 2.75) is 0 Å². The average Bonchev–Trinajstić information content (AvgIpc) is 3.93. The zero-order valence-electron chi connectivity index (χ0n) is 33.3. The van der Waals surface area contributed by atoms with E-state index in [0.29, 0.717) is 17.5 Å². The van der Waals surface area contributed by atoms with E-state index in [0.717, 1.165) is 89.1 Å². The molecule has 0 spiro atoms. The molecule has 0 unspecified atom stereocenters. The molecule has 62 heavy (non-hydrogen) atoms. The summed E-state index contributed by atoms with van der Waals surface area (Å²) < 4.78 is 4.48. The molecule has 0 N–H and O–H groups in total. The third-order valence-corrected chi connectivity index (χ3v) is 11.6. The largest absolute Gasteiger partial charge is 0.292 e. The third-order valence-electron chi connectivity index (χ3n) is 11.6. The molecule has 0 atom stereocenters. The first-order valence-corrected chi connectivity index (χ1v) is 20.7. The average molecular weight is 794 g/mol. The van der Waals surface area contributed by atoms with Crippen molar-refractivity contribution in [1.29, 1.82) is 0 Å². The fourth-order valence-corrected chi connectivity index (χ4v) is 8.58. The second-order valence-corrected chi connectivity index (χ2v) is 15.4. The summed E-state index contributed by atoms with van der Waals surface area (Å²) in [5, 5.41) is 4.59. The summed E-state index contributed by atoms with van der Waals surface area (Å²) in [5.41, 5.74) is 10.4. The molecular weight excluding hydrogens is 759 g/mol. The van der Waals surface area contributed by atoms with E-state index in [4.69, 9.17) is 24.9 Å². The number of hydrogen-bond donors (Lipinski definition) is 0. The summed E-state index contributed by atoms with van der Waals surface area (Å²) in [7, 11) is 0. The predicted octanol–water partition coefficient (Wildman–Crippen LogP) is 13.2. The summed E-state index contributed by atoms with van der Waals surface area (Å²) in [6.07, 6.45) is 0. The number of para-hydroxylation sites is 1. The summed E-state index contributed by atoms with van der Waals surface area (Å²) >= 11 is 0. The van der Waals surface area contributed by atoms with Crippen LogP contribution in [0.5, 0.6) is 0 Å². The molecule has 0 aliphatic heterocycles. The Hall–Kier alpha value is -8.55. The van der Waals surface area contributed by atoms with E-state index in [1.54, 1.807) is 0 Å². The highest BCUT2D eigenvalue weighted by molar-refractivity contribution is 5.95. The molecule has 7 nitrogen and oxygen atoms in total. The van der Waals surface area contributed by atoms with Gasteiger partial charge < -0.3 is 0 Å². The third kappa shape index (κ3) is 6.11. The van der Waals surface area contributed by atoms with Crippen LogP contribution in [0.25, 0.3) is 112 Å². The maximum atomic E-state index is 5.32. The Bertz CT molecular complexity index is 3630. The Kier molecular flexibility index (Phi) is 8.35. The first kappa shape index (κ1) is 35.4. The number of hydrogen-bond acceptors (Lipinski definition) is 5. The van der Waals surface area contributed by atoms with E-state index >= 15 is 0 Å². The summed E-state index contributed by atoms with van der Waals surface area (Å²) in [6.45, 7) is 0. The van der Waals surface area contributed by atoms with Crippen molar-refractivity contribution in [3.8, 4) is 68.3 Å². The van der Waals surface area contributed by atoms with Crippen LogP contribution in [0.2, 0.25) is 0 Å². The molecule has 0 bridgehead atoms. The minimum Gasteiger partial charge on any atom is -0.292 e. The molecular formula is C55H35N7. The van der Waals surface area contributed by atoms with Crippen LogP contribution in [-0.2, 0) is 0 Å². The Morgan fingerprint density at radius 1 is 0.290 bits per heavy atom. The first-order valence-electron chi connectivity index (χ1n) is 20.7. The summed E-state index contributed by atoms with van der Waals surface area (Å²) in [5.74, 6) is 3.42. The molecule has 0 amide bonds. The van der Waals surface area contributed by atoms with Crippen molar-refractivity contribution in [1.82, 2.24) is 34.1 Å². The van der Waals surface area contributed by atoms with Crippen LogP contribution in [0.3, 0.4) is 0 Å². The first-order chi connectivity index (χ1) is 30.7. The van der Waals surface area contributed by atoms with E-state index in [2.05, 4.69) is 191 Å². The van der Waals surface area contributed by atoms with Crippen molar-refractivity contribution in [2.75, 3.05) is 0 Å². The van der Waals surface area contributed by atoms with Crippen LogP contribution >= 0.6 is 0 Å². The quantitative estimate of drug-likeness (QED) is 0.161. The molecule has 0 aliphatic carbocycles.